The zero-order chi connectivity index (χ0) is 20.7. The molecule has 4 amide bonds. The van der Waals surface area contributed by atoms with E-state index >= 15 is 0 Å². The maximum Gasteiger partial charge on any atom is 0.416 e. The van der Waals surface area contributed by atoms with E-state index in [0.29, 0.717) is 31.9 Å². The molecule has 0 aliphatic carbocycles. The fourth-order valence-corrected chi connectivity index (χ4v) is 1.46. The summed E-state index contributed by atoms with van der Waals surface area (Å²) in [6.07, 6.45) is -1.91. The Bertz CT molecular complexity index is 498. The van der Waals surface area contributed by atoms with Crippen LogP contribution in [0.4, 0.5) is 9.59 Å². The molecule has 0 heterocycles. The number of halogens is 2. The molecule has 0 aromatic rings. The Kier molecular flexibility index (Phi) is 15.4. The molecule has 10 nitrogen and oxygen atoms in total. The molecular formula is C16H32I2N4O6. The average molecular weight is 630 g/mol. The largest absolute Gasteiger partial charge is 1.00 e. The Hall–Kier alpha value is -0.740. The number of ether oxygens (including phenoxy) is 2. The van der Waals surface area contributed by atoms with Gasteiger partial charge in [-0.25, -0.2) is 19.4 Å². The molecule has 0 aromatic carbocycles. The van der Waals surface area contributed by atoms with Crippen LogP contribution in [0.5, 0.6) is 0 Å². The van der Waals surface area contributed by atoms with Gasteiger partial charge in [-0.15, -0.1) is 0 Å². The van der Waals surface area contributed by atoms with Gasteiger partial charge in [0.2, 0.25) is 0 Å². The van der Waals surface area contributed by atoms with Crippen LogP contribution in [0.1, 0.15) is 0 Å². The molecule has 0 saturated carbocycles. The van der Waals surface area contributed by atoms with E-state index in [1.807, 2.05) is 42.3 Å². The molecule has 28 heavy (non-hydrogen) atoms. The molecule has 0 saturated heterocycles. The van der Waals surface area contributed by atoms with Crippen LogP contribution in [0, 0.1) is 0 Å². The van der Waals surface area contributed by atoms with E-state index in [1.54, 1.807) is 0 Å². The van der Waals surface area contributed by atoms with Gasteiger partial charge >= 0.3 is 24.0 Å². The number of likely N-dealkylation sites (N-methyl/N-ethyl adjacent to an activating group) is 4. The van der Waals surface area contributed by atoms with Crippen molar-refractivity contribution in [3.05, 3.63) is 0 Å². The molecule has 0 aliphatic heterocycles. The van der Waals surface area contributed by atoms with Gasteiger partial charge in [0, 0.05) is 14.1 Å². The SMILES string of the molecule is CN(C(=O)OCC[N+](C)(C)C)C(=O)C(=O)N(C)C(=O)OCC[N+](C)(C)C.[I-].[I-]. The minimum absolute atomic E-state index is 0. The van der Waals surface area contributed by atoms with Crippen molar-refractivity contribution in [2.45, 2.75) is 0 Å². The summed E-state index contributed by atoms with van der Waals surface area (Å²) in [4.78, 5) is 48.8. The highest BCUT2D eigenvalue weighted by Gasteiger charge is 2.31. The lowest BCUT2D eigenvalue weighted by molar-refractivity contribution is -0.870. The standard InChI is InChI=1S/C16H32N4O6.2HI/c1-17(15(23)25-11-9-19(3,4)5)13(21)14(22)18(2)16(24)26-12-10-20(6,7)8;;/h9-12H2,1-8H3;2*1H/q+2;;/p-2. The van der Waals surface area contributed by atoms with E-state index < -0.39 is 24.0 Å². The minimum atomic E-state index is -1.17. The van der Waals surface area contributed by atoms with Crippen molar-refractivity contribution < 1.29 is 85.6 Å². The molecule has 0 atom stereocenters. The van der Waals surface area contributed by atoms with E-state index in [9.17, 15) is 19.2 Å². The van der Waals surface area contributed by atoms with E-state index in [-0.39, 0.29) is 61.2 Å². The highest BCUT2D eigenvalue weighted by atomic mass is 127. The van der Waals surface area contributed by atoms with Gasteiger partial charge in [0.05, 0.1) is 42.3 Å². The Morgan fingerprint density at radius 2 is 0.893 bits per heavy atom. The van der Waals surface area contributed by atoms with Crippen LogP contribution in [0.25, 0.3) is 0 Å². The first-order chi connectivity index (χ1) is 11.7. The molecule has 0 fully saturated rings. The zero-order valence-electron chi connectivity index (χ0n) is 17.8. The van der Waals surface area contributed by atoms with Crippen LogP contribution < -0.4 is 48.0 Å². The Balaban J connectivity index is -0.00000312. The van der Waals surface area contributed by atoms with E-state index in [4.69, 9.17) is 9.47 Å². The molecule has 0 unspecified atom stereocenters. The summed E-state index contributed by atoms with van der Waals surface area (Å²) in [6, 6.07) is 0. The van der Waals surface area contributed by atoms with Crippen LogP contribution in [-0.2, 0) is 19.1 Å². The summed E-state index contributed by atoms with van der Waals surface area (Å²) < 4.78 is 11.1. The Labute approximate surface area is 201 Å². The normalized spacial score (nSPS) is 10.7. The van der Waals surface area contributed by atoms with Gasteiger partial charge in [-0.2, -0.15) is 0 Å². The lowest BCUT2D eigenvalue weighted by Crippen LogP contribution is -3.00. The van der Waals surface area contributed by atoms with Crippen molar-refractivity contribution in [2.24, 2.45) is 0 Å². The number of carbonyl (C=O) groups is 4. The van der Waals surface area contributed by atoms with Crippen molar-refractivity contribution in [3.63, 3.8) is 0 Å². The van der Waals surface area contributed by atoms with Crippen molar-refractivity contribution in [2.75, 3.05) is 82.7 Å². The second-order valence-corrected chi connectivity index (χ2v) is 7.98. The topological polar surface area (TPSA) is 93.2 Å². The van der Waals surface area contributed by atoms with E-state index in [2.05, 4.69) is 0 Å². The van der Waals surface area contributed by atoms with Gasteiger partial charge in [-0.05, 0) is 0 Å². The summed E-state index contributed by atoms with van der Waals surface area (Å²) in [7, 11) is 13.8. The second kappa shape index (κ2) is 13.5. The van der Waals surface area contributed by atoms with Crippen molar-refractivity contribution in [3.8, 4) is 0 Å². The number of carbonyl (C=O) groups excluding carboxylic acids is 4. The smallest absolute Gasteiger partial charge is 0.416 e. The van der Waals surface area contributed by atoms with Crippen LogP contribution in [0.15, 0.2) is 0 Å². The van der Waals surface area contributed by atoms with Crippen LogP contribution >= 0.6 is 0 Å². The maximum absolute atomic E-state index is 12.0. The molecule has 0 aliphatic rings. The minimum Gasteiger partial charge on any atom is -1.00 e. The highest BCUT2D eigenvalue weighted by molar-refractivity contribution is 6.39. The first kappa shape index (κ1) is 31.9. The first-order valence-corrected chi connectivity index (χ1v) is 8.16. The van der Waals surface area contributed by atoms with E-state index in [0.717, 1.165) is 14.1 Å². The molecular weight excluding hydrogens is 598 g/mol. The van der Waals surface area contributed by atoms with Gasteiger partial charge in [-0.3, -0.25) is 9.59 Å². The summed E-state index contributed by atoms with van der Waals surface area (Å²) >= 11 is 0. The number of nitrogens with zero attached hydrogens (tertiary/aromatic N) is 4. The zero-order valence-corrected chi connectivity index (χ0v) is 22.1. The van der Waals surface area contributed by atoms with Gasteiger partial charge in [0.1, 0.15) is 26.3 Å². The van der Waals surface area contributed by atoms with Gasteiger partial charge in [0.25, 0.3) is 0 Å². The lowest BCUT2D eigenvalue weighted by atomic mass is 10.4. The highest BCUT2D eigenvalue weighted by Crippen LogP contribution is 2.00. The third-order valence-corrected chi connectivity index (χ3v) is 3.32. The second-order valence-electron chi connectivity index (χ2n) is 7.98. The van der Waals surface area contributed by atoms with Gasteiger partial charge in [-0.1, -0.05) is 0 Å². The molecule has 12 heteroatoms. The number of rotatable bonds is 6. The van der Waals surface area contributed by atoms with Crippen molar-refractivity contribution >= 4 is 24.0 Å². The fourth-order valence-electron chi connectivity index (χ4n) is 1.46. The predicted octanol–water partition coefficient (Wildman–Crippen LogP) is -6.40. The summed E-state index contributed by atoms with van der Waals surface area (Å²) in [5, 5.41) is 0. The summed E-state index contributed by atoms with van der Waals surface area (Å²) in [6.45, 7) is 1.27. The molecule has 0 rings (SSSR count). The molecule has 166 valence electrons. The first-order valence-electron chi connectivity index (χ1n) is 8.16. The summed E-state index contributed by atoms with van der Waals surface area (Å²) in [5.74, 6) is -2.35. The molecule has 0 bridgehead atoms. The number of imide groups is 2. The molecule has 0 N–H and O–H groups in total. The quantitative estimate of drug-likeness (QED) is 0.165. The van der Waals surface area contributed by atoms with E-state index in [1.165, 1.54) is 0 Å². The Morgan fingerprint density at radius 3 is 1.11 bits per heavy atom. The summed E-state index contributed by atoms with van der Waals surface area (Å²) in [5.41, 5.74) is 0. The number of amides is 4. The third kappa shape index (κ3) is 13.4. The average Bonchev–Trinajstić information content (AvgIpc) is 2.49. The number of hydrogen-bond donors (Lipinski definition) is 0. The molecule has 0 spiro atoms. The van der Waals surface area contributed by atoms with Gasteiger partial charge < -0.3 is 66.4 Å². The molecule has 0 aromatic heterocycles. The lowest BCUT2D eigenvalue weighted by Gasteiger charge is -2.24. The molecule has 0 radical (unpaired) electrons. The Morgan fingerprint density at radius 1 is 0.643 bits per heavy atom. The van der Waals surface area contributed by atoms with Crippen LogP contribution in [0.3, 0.4) is 0 Å². The third-order valence-electron chi connectivity index (χ3n) is 3.32. The predicted molar refractivity (Wildman–Crippen MR) is 94.0 cm³/mol. The van der Waals surface area contributed by atoms with Crippen molar-refractivity contribution in [1.29, 1.82) is 0 Å². The number of quaternary nitrogens is 2. The van der Waals surface area contributed by atoms with Gasteiger partial charge in [0.15, 0.2) is 0 Å². The van der Waals surface area contributed by atoms with Crippen LogP contribution in [0.2, 0.25) is 0 Å². The monoisotopic (exact) mass is 630 g/mol. The van der Waals surface area contributed by atoms with Crippen molar-refractivity contribution in [1.82, 2.24) is 9.80 Å². The number of hydrogen-bond acceptors (Lipinski definition) is 6. The fraction of sp³-hybridized carbons (Fsp3) is 0.750. The maximum atomic E-state index is 12.0. The van der Waals surface area contributed by atoms with Crippen LogP contribution in [-0.4, -0.2) is 125 Å².